The number of sulfonamides is 1. The number of phenols is 1. The van der Waals surface area contributed by atoms with Crippen molar-refractivity contribution in [3.63, 3.8) is 0 Å². The van der Waals surface area contributed by atoms with Crippen LogP contribution in [-0.2, 0) is 14.8 Å². The molecule has 0 spiro atoms. The fourth-order valence-electron chi connectivity index (χ4n) is 2.43. The van der Waals surface area contributed by atoms with E-state index < -0.39 is 15.9 Å². The molecule has 3 aromatic rings. The van der Waals surface area contributed by atoms with E-state index in [-0.39, 0.29) is 23.6 Å². The number of aromatic hydroxyl groups is 1. The normalized spacial score (nSPS) is 11.2. The van der Waals surface area contributed by atoms with E-state index in [1.54, 1.807) is 24.3 Å². The Morgan fingerprint density at radius 1 is 1.07 bits per heavy atom. The Hall–Kier alpha value is -3.01. The molecule has 0 aliphatic carbocycles. The van der Waals surface area contributed by atoms with Crippen LogP contribution in [0.2, 0.25) is 5.02 Å². The van der Waals surface area contributed by atoms with Gasteiger partial charge in [-0.2, -0.15) is 0 Å². The minimum absolute atomic E-state index is 0.0290. The Bertz CT molecular complexity index is 1120. The lowest BCUT2D eigenvalue weighted by Crippen LogP contribution is -2.27. The van der Waals surface area contributed by atoms with Gasteiger partial charge in [0.05, 0.1) is 23.0 Å². The third kappa shape index (κ3) is 5.74. The standard InChI is InChI=1S/C19H17ClN4O4S/c20-14-4-2-6-17(10-14)29(27,28)23-8-7-18(26)24-15-11-21-19(22-12-15)13-3-1-5-16(25)9-13/h1-6,9-12,23,25H,7-8H2,(H,24,26). The molecule has 2 aromatic carbocycles. The summed E-state index contributed by atoms with van der Waals surface area (Å²) in [6, 6.07) is 12.3. The lowest BCUT2D eigenvalue weighted by atomic mass is 10.2. The van der Waals surface area contributed by atoms with Crippen LogP contribution >= 0.6 is 11.6 Å². The number of hydrogen-bond acceptors (Lipinski definition) is 6. The number of phenolic OH excluding ortho intramolecular Hbond substituents is 1. The van der Waals surface area contributed by atoms with Crippen LogP contribution in [0, 0.1) is 0 Å². The summed E-state index contributed by atoms with van der Waals surface area (Å²) in [5.74, 6) is 0.101. The van der Waals surface area contributed by atoms with E-state index in [1.807, 2.05) is 0 Å². The first kappa shape index (κ1) is 20.7. The number of aromatic nitrogens is 2. The Kier molecular flexibility index (Phi) is 6.42. The molecule has 1 amide bonds. The third-order valence-corrected chi connectivity index (χ3v) is 5.48. The second-order valence-corrected chi connectivity index (χ2v) is 8.20. The Morgan fingerprint density at radius 3 is 2.48 bits per heavy atom. The molecule has 0 aliphatic rings. The number of nitrogens with one attached hydrogen (secondary N) is 2. The number of nitrogens with zero attached hydrogens (tertiary/aromatic N) is 2. The van der Waals surface area contributed by atoms with Crippen LogP contribution in [0.3, 0.4) is 0 Å². The Morgan fingerprint density at radius 2 is 1.79 bits per heavy atom. The molecule has 0 saturated heterocycles. The monoisotopic (exact) mass is 432 g/mol. The zero-order valence-electron chi connectivity index (χ0n) is 15.0. The van der Waals surface area contributed by atoms with Gasteiger partial charge < -0.3 is 10.4 Å². The van der Waals surface area contributed by atoms with Crippen LogP contribution < -0.4 is 10.0 Å². The number of rotatable bonds is 7. The second-order valence-electron chi connectivity index (χ2n) is 6.00. The zero-order valence-corrected chi connectivity index (χ0v) is 16.6. The molecule has 3 rings (SSSR count). The first-order valence-corrected chi connectivity index (χ1v) is 10.4. The van der Waals surface area contributed by atoms with Gasteiger partial charge in [-0.05, 0) is 30.3 Å². The molecule has 10 heteroatoms. The van der Waals surface area contributed by atoms with Gasteiger partial charge in [0.15, 0.2) is 5.82 Å². The van der Waals surface area contributed by atoms with Crippen molar-refractivity contribution in [1.82, 2.24) is 14.7 Å². The molecule has 0 saturated carbocycles. The molecular formula is C19H17ClN4O4S. The van der Waals surface area contributed by atoms with E-state index in [2.05, 4.69) is 20.0 Å². The number of carbonyl (C=O) groups is 1. The van der Waals surface area contributed by atoms with E-state index in [9.17, 15) is 18.3 Å². The van der Waals surface area contributed by atoms with E-state index in [0.29, 0.717) is 22.1 Å². The number of benzene rings is 2. The molecule has 1 heterocycles. The van der Waals surface area contributed by atoms with Crippen molar-refractivity contribution in [3.8, 4) is 17.1 Å². The molecular weight excluding hydrogens is 416 g/mol. The molecule has 0 fully saturated rings. The van der Waals surface area contributed by atoms with E-state index >= 15 is 0 Å². The van der Waals surface area contributed by atoms with Gasteiger partial charge in [-0.15, -0.1) is 0 Å². The highest BCUT2D eigenvalue weighted by molar-refractivity contribution is 7.89. The highest BCUT2D eigenvalue weighted by Crippen LogP contribution is 2.20. The number of hydrogen-bond donors (Lipinski definition) is 3. The van der Waals surface area contributed by atoms with Crippen LogP contribution in [-0.4, -0.2) is 35.9 Å². The van der Waals surface area contributed by atoms with Crippen molar-refractivity contribution in [1.29, 1.82) is 0 Å². The summed E-state index contributed by atoms with van der Waals surface area (Å²) in [6.45, 7) is -0.0804. The molecule has 1 aromatic heterocycles. The van der Waals surface area contributed by atoms with Gasteiger partial charge in [0, 0.05) is 23.6 Å². The smallest absolute Gasteiger partial charge is 0.240 e. The summed E-state index contributed by atoms with van der Waals surface area (Å²) >= 11 is 5.80. The summed E-state index contributed by atoms with van der Waals surface area (Å²) in [5.41, 5.74) is 1.01. The first-order valence-electron chi connectivity index (χ1n) is 8.50. The minimum atomic E-state index is -3.75. The fraction of sp³-hybridized carbons (Fsp3) is 0.105. The van der Waals surface area contributed by atoms with E-state index in [0.717, 1.165) is 0 Å². The van der Waals surface area contributed by atoms with Gasteiger partial charge in [-0.25, -0.2) is 23.1 Å². The van der Waals surface area contributed by atoms with Crippen LogP contribution in [0.4, 0.5) is 5.69 Å². The molecule has 0 aliphatic heterocycles. The highest BCUT2D eigenvalue weighted by atomic mass is 35.5. The SMILES string of the molecule is O=C(CCNS(=O)(=O)c1cccc(Cl)c1)Nc1cnc(-c2cccc(O)c2)nc1. The van der Waals surface area contributed by atoms with Crippen LogP contribution in [0.25, 0.3) is 11.4 Å². The van der Waals surface area contributed by atoms with Crippen LogP contribution in [0.15, 0.2) is 65.8 Å². The van der Waals surface area contributed by atoms with Crippen molar-refractivity contribution in [2.75, 3.05) is 11.9 Å². The average Bonchev–Trinajstić information content (AvgIpc) is 2.68. The summed E-state index contributed by atoms with van der Waals surface area (Å²) in [5, 5.41) is 12.4. The van der Waals surface area contributed by atoms with Crippen molar-refractivity contribution < 1.29 is 18.3 Å². The quantitative estimate of drug-likeness (QED) is 0.527. The van der Waals surface area contributed by atoms with Crippen LogP contribution in [0.1, 0.15) is 6.42 Å². The van der Waals surface area contributed by atoms with Crippen molar-refractivity contribution in [2.24, 2.45) is 0 Å². The Balaban J connectivity index is 1.53. The molecule has 0 unspecified atom stereocenters. The first-order chi connectivity index (χ1) is 13.8. The van der Waals surface area contributed by atoms with E-state index in [1.165, 1.54) is 36.7 Å². The van der Waals surface area contributed by atoms with Crippen LogP contribution in [0.5, 0.6) is 5.75 Å². The topological polar surface area (TPSA) is 121 Å². The number of amides is 1. The molecule has 0 atom stereocenters. The third-order valence-electron chi connectivity index (χ3n) is 3.79. The summed E-state index contributed by atoms with van der Waals surface area (Å²) < 4.78 is 26.7. The predicted octanol–water partition coefficient (Wildman–Crippen LogP) is 2.81. The van der Waals surface area contributed by atoms with Crippen molar-refractivity contribution >= 4 is 33.2 Å². The fourth-order valence-corrected chi connectivity index (χ4v) is 3.76. The minimum Gasteiger partial charge on any atom is -0.508 e. The summed E-state index contributed by atoms with van der Waals surface area (Å²) in [6.07, 6.45) is 2.79. The second kappa shape index (κ2) is 8.99. The van der Waals surface area contributed by atoms with Gasteiger partial charge in [0.1, 0.15) is 5.75 Å². The van der Waals surface area contributed by atoms with Crippen molar-refractivity contribution in [2.45, 2.75) is 11.3 Å². The number of anilines is 1. The van der Waals surface area contributed by atoms with Gasteiger partial charge in [-0.3, -0.25) is 4.79 Å². The van der Waals surface area contributed by atoms with Gasteiger partial charge >= 0.3 is 0 Å². The average molecular weight is 433 g/mol. The molecule has 0 radical (unpaired) electrons. The van der Waals surface area contributed by atoms with Gasteiger partial charge in [-0.1, -0.05) is 29.8 Å². The highest BCUT2D eigenvalue weighted by Gasteiger charge is 2.14. The number of carbonyl (C=O) groups excluding carboxylic acids is 1. The maximum Gasteiger partial charge on any atom is 0.240 e. The zero-order chi connectivity index (χ0) is 20.9. The summed E-state index contributed by atoms with van der Waals surface area (Å²) in [4.78, 5) is 20.4. The molecule has 0 bridgehead atoms. The molecule has 8 nitrogen and oxygen atoms in total. The maximum atomic E-state index is 12.2. The van der Waals surface area contributed by atoms with Gasteiger partial charge in [0.2, 0.25) is 15.9 Å². The molecule has 29 heavy (non-hydrogen) atoms. The van der Waals surface area contributed by atoms with Crippen molar-refractivity contribution in [3.05, 3.63) is 65.9 Å². The summed E-state index contributed by atoms with van der Waals surface area (Å²) in [7, 11) is -3.75. The molecule has 3 N–H and O–H groups in total. The maximum absolute atomic E-state index is 12.2. The number of halogens is 1. The molecule has 150 valence electrons. The predicted molar refractivity (Wildman–Crippen MR) is 109 cm³/mol. The lowest BCUT2D eigenvalue weighted by molar-refractivity contribution is -0.116. The lowest BCUT2D eigenvalue weighted by Gasteiger charge is -2.08. The van der Waals surface area contributed by atoms with E-state index in [4.69, 9.17) is 11.6 Å². The van der Waals surface area contributed by atoms with Gasteiger partial charge in [0.25, 0.3) is 0 Å². The Labute approximate surface area is 172 Å². The largest absolute Gasteiger partial charge is 0.508 e.